The van der Waals surface area contributed by atoms with Crippen LogP contribution in [0.3, 0.4) is 0 Å². The van der Waals surface area contributed by atoms with Crippen molar-refractivity contribution in [1.29, 1.82) is 0 Å². The van der Waals surface area contributed by atoms with E-state index in [2.05, 4.69) is 18.7 Å². The SMILES string of the molecule is CC1(C)COCCN1CC1(C(=O)O)CCCCC1. The number of carbonyl (C=O) groups is 1. The van der Waals surface area contributed by atoms with Gasteiger partial charge in [0, 0.05) is 18.6 Å². The molecule has 1 N–H and O–H groups in total. The molecule has 1 aliphatic carbocycles. The fourth-order valence-corrected chi connectivity index (χ4v) is 3.22. The minimum atomic E-state index is -0.607. The van der Waals surface area contributed by atoms with Crippen LogP contribution in [0.1, 0.15) is 46.0 Å². The van der Waals surface area contributed by atoms with Crippen molar-refractivity contribution < 1.29 is 14.6 Å². The van der Waals surface area contributed by atoms with Crippen molar-refractivity contribution in [3.05, 3.63) is 0 Å². The van der Waals surface area contributed by atoms with Gasteiger partial charge in [-0.2, -0.15) is 0 Å². The molecule has 2 fully saturated rings. The fraction of sp³-hybridized carbons (Fsp3) is 0.929. The van der Waals surface area contributed by atoms with E-state index < -0.39 is 11.4 Å². The van der Waals surface area contributed by atoms with E-state index in [1.807, 2.05) is 0 Å². The van der Waals surface area contributed by atoms with Gasteiger partial charge in [-0.3, -0.25) is 9.69 Å². The van der Waals surface area contributed by atoms with Crippen molar-refractivity contribution >= 4 is 5.97 Å². The Hall–Kier alpha value is -0.610. The Morgan fingerprint density at radius 3 is 2.50 bits per heavy atom. The van der Waals surface area contributed by atoms with Gasteiger partial charge in [-0.15, -0.1) is 0 Å². The normalized spacial score (nSPS) is 27.9. The Kier molecular flexibility index (Phi) is 3.97. The molecule has 0 amide bonds. The Bertz CT molecular complexity index is 308. The highest BCUT2D eigenvalue weighted by Gasteiger charge is 2.44. The van der Waals surface area contributed by atoms with Crippen molar-refractivity contribution in [3.8, 4) is 0 Å². The van der Waals surface area contributed by atoms with Crippen molar-refractivity contribution in [2.24, 2.45) is 5.41 Å². The van der Waals surface area contributed by atoms with Gasteiger partial charge in [-0.25, -0.2) is 0 Å². The molecule has 0 unspecified atom stereocenters. The van der Waals surface area contributed by atoms with Gasteiger partial charge in [0.25, 0.3) is 0 Å². The van der Waals surface area contributed by atoms with Gasteiger partial charge in [-0.05, 0) is 26.7 Å². The van der Waals surface area contributed by atoms with Crippen molar-refractivity contribution in [2.75, 3.05) is 26.3 Å². The molecule has 0 aromatic carbocycles. The molecule has 1 saturated heterocycles. The Labute approximate surface area is 109 Å². The third-order valence-corrected chi connectivity index (χ3v) is 4.57. The number of hydrogen-bond donors (Lipinski definition) is 1. The molecular weight excluding hydrogens is 230 g/mol. The van der Waals surface area contributed by atoms with Crippen LogP contribution in [0.25, 0.3) is 0 Å². The minimum absolute atomic E-state index is 0.0435. The van der Waals surface area contributed by atoms with Crippen LogP contribution in [-0.4, -0.2) is 47.8 Å². The summed E-state index contributed by atoms with van der Waals surface area (Å²) in [5.74, 6) is -0.607. The van der Waals surface area contributed by atoms with Crippen LogP contribution in [0.15, 0.2) is 0 Å². The lowest BCUT2D eigenvalue weighted by Crippen LogP contribution is -2.57. The molecule has 0 radical (unpaired) electrons. The predicted octanol–water partition coefficient (Wildman–Crippen LogP) is 2.13. The van der Waals surface area contributed by atoms with Crippen LogP contribution < -0.4 is 0 Å². The number of nitrogens with zero attached hydrogens (tertiary/aromatic N) is 1. The summed E-state index contributed by atoms with van der Waals surface area (Å²) < 4.78 is 5.51. The van der Waals surface area contributed by atoms with Crippen LogP contribution in [0.5, 0.6) is 0 Å². The number of carboxylic acid groups (broad SMARTS) is 1. The second-order valence-corrected chi connectivity index (χ2v) is 6.43. The van der Waals surface area contributed by atoms with Crippen LogP contribution in [-0.2, 0) is 9.53 Å². The molecule has 18 heavy (non-hydrogen) atoms. The van der Waals surface area contributed by atoms with Crippen molar-refractivity contribution in [1.82, 2.24) is 4.90 Å². The molecule has 0 bridgehead atoms. The molecular formula is C14H25NO3. The number of ether oxygens (including phenoxy) is 1. The van der Waals surface area contributed by atoms with E-state index in [0.717, 1.165) is 38.8 Å². The molecule has 0 spiro atoms. The first-order valence-corrected chi connectivity index (χ1v) is 7.03. The number of morpholine rings is 1. The zero-order chi connectivity index (χ0) is 13.2. The standard InChI is InChI=1S/C14H25NO3/c1-13(2)11-18-9-8-15(13)10-14(12(16)17)6-4-3-5-7-14/h3-11H2,1-2H3,(H,16,17). The van der Waals surface area contributed by atoms with E-state index in [-0.39, 0.29) is 5.54 Å². The summed E-state index contributed by atoms with van der Waals surface area (Å²) in [6.45, 7) is 7.23. The fourth-order valence-electron chi connectivity index (χ4n) is 3.22. The van der Waals surface area contributed by atoms with Gasteiger partial charge in [0.2, 0.25) is 0 Å². The third-order valence-electron chi connectivity index (χ3n) is 4.57. The number of hydrogen-bond acceptors (Lipinski definition) is 3. The van der Waals surface area contributed by atoms with Gasteiger partial charge >= 0.3 is 5.97 Å². The highest BCUT2D eigenvalue weighted by molar-refractivity contribution is 5.75. The van der Waals surface area contributed by atoms with E-state index >= 15 is 0 Å². The highest BCUT2D eigenvalue weighted by Crippen LogP contribution is 2.39. The molecule has 1 aliphatic heterocycles. The topological polar surface area (TPSA) is 49.8 Å². The van der Waals surface area contributed by atoms with Crippen LogP contribution in [0.4, 0.5) is 0 Å². The summed E-state index contributed by atoms with van der Waals surface area (Å²) in [6, 6.07) is 0. The largest absolute Gasteiger partial charge is 0.481 e. The van der Waals surface area contributed by atoms with E-state index in [0.29, 0.717) is 13.2 Å². The van der Waals surface area contributed by atoms with Gasteiger partial charge in [0.1, 0.15) is 0 Å². The molecule has 2 aliphatic rings. The number of rotatable bonds is 3. The summed E-state index contributed by atoms with van der Waals surface area (Å²) in [6.07, 6.45) is 4.95. The molecule has 2 rings (SSSR count). The summed E-state index contributed by atoms with van der Waals surface area (Å²) >= 11 is 0. The first kappa shape index (κ1) is 13.8. The molecule has 4 nitrogen and oxygen atoms in total. The highest BCUT2D eigenvalue weighted by atomic mass is 16.5. The van der Waals surface area contributed by atoms with E-state index in [4.69, 9.17) is 4.74 Å². The van der Waals surface area contributed by atoms with Gasteiger partial charge in [0.05, 0.1) is 18.6 Å². The van der Waals surface area contributed by atoms with Crippen molar-refractivity contribution in [2.45, 2.75) is 51.5 Å². The van der Waals surface area contributed by atoms with E-state index in [1.54, 1.807) is 0 Å². The lowest BCUT2D eigenvalue weighted by Gasteiger charge is -2.47. The zero-order valence-corrected chi connectivity index (χ0v) is 11.6. The maximum atomic E-state index is 11.7. The maximum absolute atomic E-state index is 11.7. The van der Waals surface area contributed by atoms with Crippen molar-refractivity contribution in [3.63, 3.8) is 0 Å². The number of carboxylic acids is 1. The summed E-state index contributed by atoms with van der Waals surface area (Å²) in [4.78, 5) is 14.0. The summed E-state index contributed by atoms with van der Waals surface area (Å²) in [7, 11) is 0. The Morgan fingerprint density at radius 1 is 1.28 bits per heavy atom. The average molecular weight is 255 g/mol. The van der Waals surface area contributed by atoms with E-state index in [9.17, 15) is 9.90 Å². The first-order chi connectivity index (χ1) is 8.46. The Balaban J connectivity index is 2.10. The zero-order valence-electron chi connectivity index (χ0n) is 11.6. The third kappa shape index (κ3) is 2.69. The van der Waals surface area contributed by atoms with Gasteiger partial charge < -0.3 is 9.84 Å². The molecule has 1 heterocycles. The number of aliphatic carboxylic acids is 1. The minimum Gasteiger partial charge on any atom is -0.481 e. The second-order valence-electron chi connectivity index (χ2n) is 6.43. The predicted molar refractivity (Wildman–Crippen MR) is 69.6 cm³/mol. The van der Waals surface area contributed by atoms with Crippen LogP contribution >= 0.6 is 0 Å². The Morgan fingerprint density at radius 2 is 1.94 bits per heavy atom. The summed E-state index contributed by atoms with van der Waals surface area (Å²) in [5, 5.41) is 9.63. The molecule has 104 valence electrons. The summed E-state index contributed by atoms with van der Waals surface area (Å²) in [5.41, 5.74) is -0.564. The molecule has 0 aromatic heterocycles. The van der Waals surface area contributed by atoms with Gasteiger partial charge in [-0.1, -0.05) is 19.3 Å². The van der Waals surface area contributed by atoms with Crippen LogP contribution in [0.2, 0.25) is 0 Å². The quantitative estimate of drug-likeness (QED) is 0.839. The molecule has 0 atom stereocenters. The molecule has 1 saturated carbocycles. The molecule has 4 heteroatoms. The first-order valence-electron chi connectivity index (χ1n) is 7.03. The van der Waals surface area contributed by atoms with Crippen LogP contribution in [0, 0.1) is 5.41 Å². The smallest absolute Gasteiger partial charge is 0.310 e. The lowest BCUT2D eigenvalue weighted by atomic mass is 9.73. The lowest BCUT2D eigenvalue weighted by molar-refractivity contribution is -0.156. The van der Waals surface area contributed by atoms with E-state index in [1.165, 1.54) is 6.42 Å². The molecule has 0 aromatic rings. The average Bonchev–Trinajstić information content (AvgIpc) is 2.33. The maximum Gasteiger partial charge on any atom is 0.310 e. The monoisotopic (exact) mass is 255 g/mol. The van der Waals surface area contributed by atoms with Gasteiger partial charge in [0.15, 0.2) is 0 Å². The second kappa shape index (κ2) is 5.17.